The normalized spacial score (nSPS) is 13.5. The summed E-state index contributed by atoms with van der Waals surface area (Å²) >= 11 is 3.53. The summed E-state index contributed by atoms with van der Waals surface area (Å²) in [5, 5.41) is 0. The summed E-state index contributed by atoms with van der Waals surface area (Å²) in [5.41, 5.74) is 2.38. The number of hydrogen-bond donors (Lipinski definition) is 0. The predicted octanol–water partition coefficient (Wildman–Crippen LogP) is 4.35. The van der Waals surface area contributed by atoms with Crippen molar-refractivity contribution < 1.29 is 9.47 Å². The first kappa shape index (κ1) is 12.5. The summed E-state index contributed by atoms with van der Waals surface area (Å²) in [7, 11) is 0. The van der Waals surface area contributed by atoms with Crippen LogP contribution in [0.25, 0.3) is 0 Å². The Kier molecular flexibility index (Phi) is 3.74. The van der Waals surface area contributed by atoms with Gasteiger partial charge in [-0.3, -0.25) is 0 Å². The van der Waals surface area contributed by atoms with Gasteiger partial charge in [0, 0.05) is 4.47 Å². The Morgan fingerprint density at radius 1 is 1.16 bits per heavy atom. The summed E-state index contributed by atoms with van der Waals surface area (Å²) in [6.07, 6.45) is 2.12. The molecule has 0 spiro atoms. The molecule has 0 fully saturated rings. The van der Waals surface area contributed by atoms with E-state index in [2.05, 4.69) is 34.1 Å². The van der Waals surface area contributed by atoms with E-state index in [1.807, 2.05) is 24.3 Å². The van der Waals surface area contributed by atoms with Gasteiger partial charge < -0.3 is 9.47 Å². The standard InChI is InChI=1S/C16H15BrO2/c17-14-9-13-7-4-8-18-16(13)15(10-14)19-11-12-5-2-1-3-6-12/h1-3,5-6,9-10H,4,7-8,11H2. The van der Waals surface area contributed by atoms with E-state index in [0.717, 1.165) is 41.0 Å². The summed E-state index contributed by atoms with van der Waals surface area (Å²) in [5.74, 6) is 1.73. The topological polar surface area (TPSA) is 18.5 Å². The average molecular weight is 319 g/mol. The predicted molar refractivity (Wildman–Crippen MR) is 78.7 cm³/mol. The summed E-state index contributed by atoms with van der Waals surface area (Å²) < 4.78 is 12.7. The van der Waals surface area contributed by atoms with Crippen LogP contribution in [0.3, 0.4) is 0 Å². The smallest absolute Gasteiger partial charge is 0.164 e. The Hall–Kier alpha value is -1.48. The molecule has 0 amide bonds. The molecule has 0 N–H and O–H groups in total. The third-order valence-corrected chi connectivity index (χ3v) is 3.63. The van der Waals surface area contributed by atoms with Crippen LogP contribution in [0.2, 0.25) is 0 Å². The largest absolute Gasteiger partial charge is 0.489 e. The average Bonchev–Trinajstić information content (AvgIpc) is 2.45. The van der Waals surface area contributed by atoms with Crippen LogP contribution in [0.4, 0.5) is 0 Å². The van der Waals surface area contributed by atoms with Gasteiger partial charge in [-0.25, -0.2) is 0 Å². The Balaban J connectivity index is 1.82. The van der Waals surface area contributed by atoms with Gasteiger partial charge in [0.2, 0.25) is 0 Å². The SMILES string of the molecule is Brc1cc2c(c(OCc3ccccc3)c1)OCCC2. The molecule has 19 heavy (non-hydrogen) atoms. The molecule has 1 heterocycles. The van der Waals surface area contributed by atoms with Gasteiger partial charge in [0.15, 0.2) is 11.5 Å². The van der Waals surface area contributed by atoms with Crippen molar-refractivity contribution in [1.29, 1.82) is 0 Å². The van der Waals surface area contributed by atoms with E-state index in [1.54, 1.807) is 0 Å². The van der Waals surface area contributed by atoms with Gasteiger partial charge in [-0.05, 0) is 36.1 Å². The molecular weight excluding hydrogens is 304 g/mol. The maximum atomic E-state index is 5.92. The molecule has 0 bridgehead atoms. The highest BCUT2D eigenvalue weighted by atomic mass is 79.9. The van der Waals surface area contributed by atoms with Crippen molar-refractivity contribution in [3.05, 3.63) is 58.1 Å². The van der Waals surface area contributed by atoms with E-state index in [4.69, 9.17) is 9.47 Å². The lowest BCUT2D eigenvalue weighted by Crippen LogP contribution is -2.10. The summed E-state index contributed by atoms with van der Waals surface area (Å²) in [4.78, 5) is 0. The summed E-state index contributed by atoms with van der Waals surface area (Å²) in [6.45, 7) is 1.34. The lowest BCUT2D eigenvalue weighted by molar-refractivity contribution is 0.246. The molecule has 1 aliphatic rings. The van der Waals surface area contributed by atoms with Crippen LogP contribution in [-0.4, -0.2) is 6.61 Å². The highest BCUT2D eigenvalue weighted by molar-refractivity contribution is 9.10. The zero-order chi connectivity index (χ0) is 13.1. The van der Waals surface area contributed by atoms with Crippen LogP contribution < -0.4 is 9.47 Å². The van der Waals surface area contributed by atoms with Crippen molar-refractivity contribution in [3.8, 4) is 11.5 Å². The molecule has 0 aliphatic carbocycles. The quantitative estimate of drug-likeness (QED) is 0.837. The Labute approximate surface area is 121 Å². The van der Waals surface area contributed by atoms with E-state index in [0.29, 0.717) is 6.61 Å². The number of rotatable bonds is 3. The van der Waals surface area contributed by atoms with Gasteiger partial charge in [-0.15, -0.1) is 0 Å². The number of hydrogen-bond acceptors (Lipinski definition) is 2. The molecule has 0 atom stereocenters. The maximum Gasteiger partial charge on any atom is 0.164 e. The second-order valence-electron chi connectivity index (χ2n) is 4.62. The van der Waals surface area contributed by atoms with E-state index in [-0.39, 0.29) is 0 Å². The molecule has 0 saturated heterocycles. The molecule has 1 aliphatic heterocycles. The first-order valence-electron chi connectivity index (χ1n) is 6.45. The van der Waals surface area contributed by atoms with Crippen LogP contribution in [0.1, 0.15) is 17.5 Å². The second-order valence-corrected chi connectivity index (χ2v) is 5.53. The van der Waals surface area contributed by atoms with Crippen LogP contribution in [0.15, 0.2) is 46.9 Å². The number of halogens is 1. The first-order chi connectivity index (χ1) is 9.33. The highest BCUT2D eigenvalue weighted by Gasteiger charge is 2.17. The lowest BCUT2D eigenvalue weighted by atomic mass is 10.1. The Morgan fingerprint density at radius 2 is 2.00 bits per heavy atom. The number of fused-ring (bicyclic) bond motifs is 1. The molecule has 0 unspecified atom stereocenters. The molecule has 3 rings (SSSR count). The molecular formula is C16H15BrO2. The van der Waals surface area contributed by atoms with E-state index in [1.165, 1.54) is 5.56 Å². The number of aryl methyl sites for hydroxylation is 1. The van der Waals surface area contributed by atoms with Crippen LogP contribution in [0, 0.1) is 0 Å². The van der Waals surface area contributed by atoms with Gasteiger partial charge in [0.25, 0.3) is 0 Å². The van der Waals surface area contributed by atoms with Crippen LogP contribution >= 0.6 is 15.9 Å². The van der Waals surface area contributed by atoms with Crippen molar-refractivity contribution in [2.75, 3.05) is 6.61 Å². The van der Waals surface area contributed by atoms with Crippen molar-refractivity contribution in [1.82, 2.24) is 0 Å². The van der Waals surface area contributed by atoms with Crippen molar-refractivity contribution in [2.45, 2.75) is 19.4 Å². The summed E-state index contributed by atoms with van der Waals surface area (Å²) in [6, 6.07) is 14.3. The minimum absolute atomic E-state index is 0.563. The van der Waals surface area contributed by atoms with Crippen molar-refractivity contribution in [2.24, 2.45) is 0 Å². The van der Waals surface area contributed by atoms with Crippen LogP contribution in [-0.2, 0) is 13.0 Å². The van der Waals surface area contributed by atoms with Crippen molar-refractivity contribution in [3.63, 3.8) is 0 Å². The Bertz CT molecular complexity index is 566. The van der Waals surface area contributed by atoms with Crippen LogP contribution in [0.5, 0.6) is 11.5 Å². The molecule has 3 heteroatoms. The van der Waals surface area contributed by atoms with E-state index in [9.17, 15) is 0 Å². The lowest BCUT2D eigenvalue weighted by Gasteiger charge is -2.21. The van der Waals surface area contributed by atoms with Gasteiger partial charge >= 0.3 is 0 Å². The van der Waals surface area contributed by atoms with Gasteiger partial charge in [0.05, 0.1) is 6.61 Å². The fourth-order valence-electron chi connectivity index (χ4n) is 2.25. The molecule has 2 aromatic rings. The fraction of sp³-hybridized carbons (Fsp3) is 0.250. The molecule has 2 aromatic carbocycles. The number of ether oxygens (including phenoxy) is 2. The second kappa shape index (κ2) is 5.66. The first-order valence-corrected chi connectivity index (χ1v) is 7.24. The third kappa shape index (κ3) is 2.92. The minimum atomic E-state index is 0.563. The molecule has 2 nitrogen and oxygen atoms in total. The molecule has 0 radical (unpaired) electrons. The van der Waals surface area contributed by atoms with Gasteiger partial charge in [0.1, 0.15) is 6.61 Å². The third-order valence-electron chi connectivity index (χ3n) is 3.17. The molecule has 0 aromatic heterocycles. The number of benzene rings is 2. The van der Waals surface area contributed by atoms with E-state index < -0.39 is 0 Å². The zero-order valence-corrected chi connectivity index (χ0v) is 12.2. The minimum Gasteiger partial charge on any atom is -0.489 e. The van der Waals surface area contributed by atoms with Gasteiger partial charge in [-0.1, -0.05) is 46.3 Å². The molecule has 98 valence electrons. The van der Waals surface area contributed by atoms with Gasteiger partial charge in [-0.2, -0.15) is 0 Å². The maximum absolute atomic E-state index is 5.92. The van der Waals surface area contributed by atoms with Crippen molar-refractivity contribution >= 4 is 15.9 Å². The molecule has 0 saturated carbocycles. The highest BCUT2D eigenvalue weighted by Crippen LogP contribution is 2.38. The zero-order valence-electron chi connectivity index (χ0n) is 10.6. The van der Waals surface area contributed by atoms with E-state index >= 15 is 0 Å². The monoisotopic (exact) mass is 318 g/mol. The fourth-order valence-corrected chi connectivity index (χ4v) is 2.74. The Morgan fingerprint density at radius 3 is 2.84 bits per heavy atom.